The Labute approximate surface area is 166 Å². The van der Waals surface area contributed by atoms with Crippen molar-refractivity contribution in [2.45, 2.75) is 13.8 Å². The zero-order valence-corrected chi connectivity index (χ0v) is 16.8. The van der Waals surface area contributed by atoms with Gasteiger partial charge >= 0.3 is 6.03 Å². The van der Waals surface area contributed by atoms with Gasteiger partial charge in [0.05, 0.1) is 7.11 Å². The van der Waals surface area contributed by atoms with Crippen molar-refractivity contribution in [2.24, 2.45) is 0 Å². The number of ether oxygens (including phenoxy) is 1. The summed E-state index contributed by atoms with van der Waals surface area (Å²) in [5.74, 6) is 2.46. The van der Waals surface area contributed by atoms with Crippen LogP contribution in [0.2, 0.25) is 0 Å². The number of aromatic nitrogens is 2. The number of hydrogen-bond donors (Lipinski definition) is 1. The first-order chi connectivity index (χ1) is 13.6. The smallest absolute Gasteiger partial charge is 0.321 e. The maximum absolute atomic E-state index is 12.5. The quantitative estimate of drug-likeness (QED) is 0.825. The average Bonchev–Trinajstić information content (AvgIpc) is 2.75. The van der Waals surface area contributed by atoms with Crippen LogP contribution in [0.1, 0.15) is 13.8 Å². The highest BCUT2D eigenvalue weighted by Gasteiger charge is 2.22. The van der Waals surface area contributed by atoms with Crippen molar-refractivity contribution in [1.82, 2.24) is 15.1 Å². The Bertz CT molecular complexity index is 771. The van der Waals surface area contributed by atoms with Gasteiger partial charge in [-0.3, -0.25) is 0 Å². The molecule has 0 atom stereocenters. The van der Waals surface area contributed by atoms with E-state index >= 15 is 0 Å². The molecule has 3 rings (SSSR count). The molecular weight excluding hydrogens is 356 g/mol. The van der Waals surface area contributed by atoms with Crippen LogP contribution in [-0.2, 0) is 0 Å². The van der Waals surface area contributed by atoms with Crippen LogP contribution in [0.25, 0.3) is 0 Å². The Kier molecular flexibility index (Phi) is 6.52. The normalized spacial score (nSPS) is 14.0. The second kappa shape index (κ2) is 9.25. The van der Waals surface area contributed by atoms with Gasteiger partial charge in [0.1, 0.15) is 5.75 Å². The highest BCUT2D eigenvalue weighted by Crippen LogP contribution is 2.19. The number of methoxy groups -OCH3 is 1. The maximum atomic E-state index is 12.5. The van der Waals surface area contributed by atoms with Gasteiger partial charge in [0.25, 0.3) is 0 Å². The second-order valence-electron chi connectivity index (χ2n) is 6.56. The second-order valence-corrected chi connectivity index (χ2v) is 6.56. The third kappa shape index (κ3) is 4.62. The molecule has 0 bridgehead atoms. The third-order valence-electron chi connectivity index (χ3n) is 4.94. The molecule has 2 amide bonds. The summed E-state index contributed by atoms with van der Waals surface area (Å²) in [7, 11) is 1.61. The molecule has 0 aliphatic carbocycles. The molecule has 1 N–H and O–H groups in total. The van der Waals surface area contributed by atoms with Gasteiger partial charge in [0, 0.05) is 51.0 Å². The van der Waals surface area contributed by atoms with E-state index in [1.807, 2.05) is 35.2 Å². The van der Waals surface area contributed by atoms with Gasteiger partial charge in [0.2, 0.25) is 0 Å². The first-order valence-corrected chi connectivity index (χ1v) is 9.68. The van der Waals surface area contributed by atoms with Gasteiger partial charge in [0.15, 0.2) is 11.6 Å². The zero-order chi connectivity index (χ0) is 19.9. The lowest BCUT2D eigenvalue weighted by atomic mass is 10.3. The number of urea groups is 1. The number of anilines is 3. The van der Waals surface area contributed by atoms with Crippen molar-refractivity contribution in [2.75, 3.05) is 61.5 Å². The predicted octanol–water partition coefficient (Wildman–Crippen LogP) is 2.69. The summed E-state index contributed by atoms with van der Waals surface area (Å²) in [5.41, 5.74) is 0.727. The molecule has 28 heavy (non-hydrogen) atoms. The van der Waals surface area contributed by atoms with E-state index in [4.69, 9.17) is 4.74 Å². The summed E-state index contributed by atoms with van der Waals surface area (Å²) in [6.07, 6.45) is 0. The van der Waals surface area contributed by atoms with Crippen LogP contribution in [0.4, 0.5) is 22.1 Å². The van der Waals surface area contributed by atoms with E-state index in [-0.39, 0.29) is 6.03 Å². The topological polar surface area (TPSA) is 73.8 Å². The van der Waals surface area contributed by atoms with Gasteiger partial charge in [-0.15, -0.1) is 10.2 Å². The molecule has 8 nitrogen and oxygen atoms in total. The SMILES string of the molecule is CCN(CC)c1ccc(N2CCN(C(=O)Nc3cccc(OC)c3)CC2)nn1. The molecule has 2 heterocycles. The minimum Gasteiger partial charge on any atom is -0.497 e. The summed E-state index contributed by atoms with van der Waals surface area (Å²) < 4.78 is 5.19. The largest absolute Gasteiger partial charge is 0.497 e. The molecular formula is C20H28N6O2. The fraction of sp³-hybridized carbons (Fsp3) is 0.450. The molecule has 8 heteroatoms. The average molecular weight is 384 g/mol. The summed E-state index contributed by atoms with van der Waals surface area (Å²) in [6.45, 7) is 8.75. The van der Waals surface area contributed by atoms with Crippen molar-refractivity contribution in [3.8, 4) is 5.75 Å². The first kappa shape index (κ1) is 19.7. The van der Waals surface area contributed by atoms with Gasteiger partial charge in [-0.2, -0.15) is 0 Å². The molecule has 1 aromatic heterocycles. The number of rotatable bonds is 6. The summed E-state index contributed by atoms with van der Waals surface area (Å²) in [4.78, 5) is 18.7. The van der Waals surface area contributed by atoms with Crippen LogP contribution < -0.4 is 19.9 Å². The summed E-state index contributed by atoms with van der Waals surface area (Å²) >= 11 is 0. The number of carbonyl (C=O) groups is 1. The molecule has 0 saturated carbocycles. The number of hydrogen-bond acceptors (Lipinski definition) is 6. The molecule has 0 unspecified atom stereocenters. The molecule has 1 aliphatic heterocycles. The van der Waals surface area contributed by atoms with Crippen molar-refractivity contribution < 1.29 is 9.53 Å². The number of amides is 2. The van der Waals surface area contributed by atoms with Crippen LogP contribution in [0.3, 0.4) is 0 Å². The maximum Gasteiger partial charge on any atom is 0.321 e. The number of nitrogens with zero attached hydrogens (tertiary/aromatic N) is 5. The highest BCUT2D eigenvalue weighted by atomic mass is 16.5. The van der Waals surface area contributed by atoms with Crippen molar-refractivity contribution in [3.63, 3.8) is 0 Å². The lowest BCUT2D eigenvalue weighted by Crippen LogP contribution is -2.50. The fourth-order valence-corrected chi connectivity index (χ4v) is 3.25. The monoisotopic (exact) mass is 384 g/mol. The lowest BCUT2D eigenvalue weighted by molar-refractivity contribution is 0.208. The number of piperazine rings is 1. The Morgan fingerprint density at radius 1 is 1.11 bits per heavy atom. The Morgan fingerprint density at radius 2 is 1.86 bits per heavy atom. The predicted molar refractivity (Wildman–Crippen MR) is 111 cm³/mol. The molecule has 1 fully saturated rings. The molecule has 2 aromatic rings. The standard InChI is InChI=1S/C20H28N6O2/c1-4-24(5-2)18-9-10-19(23-22-18)25-11-13-26(14-12-25)20(27)21-16-7-6-8-17(15-16)28-3/h6-10,15H,4-5,11-14H2,1-3H3,(H,21,27). The van der Waals surface area contributed by atoms with Crippen LogP contribution in [0.15, 0.2) is 36.4 Å². The van der Waals surface area contributed by atoms with Gasteiger partial charge < -0.3 is 24.8 Å². The zero-order valence-electron chi connectivity index (χ0n) is 16.8. The summed E-state index contributed by atoms with van der Waals surface area (Å²) in [6, 6.07) is 11.3. The van der Waals surface area contributed by atoms with E-state index in [1.165, 1.54) is 0 Å². The van der Waals surface area contributed by atoms with E-state index in [2.05, 4.69) is 39.2 Å². The van der Waals surface area contributed by atoms with E-state index in [1.54, 1.807) is 13.2 Å². The molecule has 1 aliphatic rings. The molecule has 0 spiro atoms. The minimum atomic E-state index is -0.101. The Balaban J connectivity index is 1.54. The third-order valence-corrected chi connectivity index (χ3v) is 4.94. The number of nitrogens with one attached hydrogen (secondary N) is 1. The van der Waals surface area contributed by atoms with Crippen molar-refractivity contribution in [1.29, 1.82) is 0 Å². The number of benzene rings is 1. The van der Waals surface area contributed by atoms with E-state index in [0.717, 1.165) is 43.5 Å². The van der Waals surface area contributed by atoms with Crippen molar-refractivity contribution in [3.05, 3.63) is 36.4 Å². The minimum absolute atomic E-state index is 0.101. The molecule has 150 valence electrons. The molecule has 1 saturated heterocycles. The molecule has 0 radical (unpaired) electrons. The Hall–Kier alpha value is -3.03. The van der Waals surface area contributed by atoms with E-state index in [9.17, 15) is 4.79 Å². The van der Waals surface area contributed by atoms with Crippen LogP contribution in [0, 0.1) is 0 Å². The van der Waals surface area contributed by atoms with E-state index < -0.39 is 0 Å². The van der Waals surface area contributed by atoms with Crippen molar-refractivity contribution >= 4 is 23.4 Å². The van der Waals surface area contributed by atoms with Gasteiger partial charge in [-0.1, -0.05) is 6.07 Å². The first-order valence-electron chi connectivity index (χ1n) is 9.68. The van der Waals surface area contributed by atoms with Gasteiger partial charge in [-0.25, -0.2) is 4.79 Å². The summed E-state index contributed by atoms with van der Waals surface area (Å²) in [5, 5.41) is 11.7. The number of carbonyl (C=O) groups excluding carboxylic acids is 1. The van der Waals surface area contributed by atoms with Crippen LogP contribution in [-0.4, -0.2) is 67.5 Å². The highest BCUT2D eigenvalue weighted by molar-refractivity contribution is 5.89. The molecule has 1 aromatic carbocycles. The Morgan fingerprint density at radius 3 is 2.46 bits per heavy atom. The lowest BCUT2D eigenvalue weighted by Gasteiger charge is -2.35. The van der Waals surface area contributed by atoms with E-state index in [0.29, 0.717) is 18.8 Å². The fourth-order valence-electron chi connectivity index (χ4n) is 3.25. The van der Waals surface area contributed by atoms with Gasteiger partial charge in [-0.05, 0) is 38.1 Å². The van der Waals surface area contributed by atoms with Crippen LogP contribution >= 0.6 is 0 Å². The van der Waals surface area contributed by atoms with Crippen LogP contribution in [0.5, 0.6) is 5.75 Å².